The van der Waals surface area contributed by atoms with E-state index in [0.29, 0.717) is 16.8 Å². The number of aromatic nitrogens is 3. The van der Waals surface area contributed by atoms with Gasteiger partial charge in [0.2, 0.25) is 5.91 Å². The normalized spacial score (nSPS) is 25.2. The van der Waals surface area contributed by atoms with Crippen LogP contribution < -0.4 is 0 Å². The molecule has 1 saturated heterocycles. The van der Waals surface area contributed by atoms with Gasteiger partial charge in [0.25, 0.3) is 0 Å². The number of alkyl halides is 3. The third-order valence-corrected chi connectivity index (χ3v) is 8.84. The molecular weight excluding hydrogens is 467 g/mol. The number of hydrogen-bond donors (Lipinski definition) is 0. The second kappa shape index (κ2) is 6.75. The highest BCUT2D eigenvalue weighted by Crippen LogP contribution is 2.58. The fraction of sp³-hybridized carbons (Fsp3) is 0.625. The summed E-state index contributed by atoms with van der Waals surface area (Å²) >= 11 is 6.26. The molecule has 3 saturated carbocycles. The highest BCUT2D eigenvalue weighted by molar-refractivity contribution is 6.30. The number of likely N-dealkylation sites (tertiary alicyclic amines) is 1. The van der Waals surface area contributed by atoms with Crippen LogP contribution in [0.15, 0.2) is 18.2 Å². The first-order valence-electron chi connectivity index (χ1n) is 12.0. The maximum absolute atomic E-state index is 14.0. The van der Waals surface area contributed by atoms with Gasteiger partial charge in [-0.15, -0.1) is 10.2 Å². The molecule has 3 heterocycles. The summed E-state index contributed by atoms with van der Waals surface area (Å²) in [7, 11) is 0. The largest absolute Gasteiger partial charge is 0.406 e. The van der Waals surface area contributed by atoms with E-state index in [1.165, 1.54) is 4.90 Å². The van der Waals surface area contributed by atoms with Crippen molar-refractivity contribution in [1.82, 2.24) is 24.6 Å². The summed E-state index contributed by atoms with van der Waals surface area (Å²) in [6.07, 6.45) is -0.182. The van der Waals surface area contributed by atoms with E-state index in [1.807, 2.05) is 15.5 Å². The van der Waals surface area contributed by atoms with Crippen molar-refractivity contribution in [1.29, 1.82) is 0 Å². The Morgan fingerprint density at radius 3 is 2.47 bits per heavy atom. The first kappa shape index (κ1) is 21.2. The lowest BCUT2D eigenvalue weighted by atomic mass is 9.57. The Morgan fingerprint density at radius 2 is 1.82 bits per heavy atom. The van der Waals surface area contributed by atoms with Crippen LogP contribution in [0.4, 0.5) is 13.2 Å². The molecule has 180 valence electrons. The molecule has 0 atom stereocenters. The Balaban J connectivity index is 1.18. The van der Waals surface area contributed by atoms with Gasteiger partial charge in [-0.25, -0.2) is 0 Å². The smallest absolute Gasteiger partial charge is 0.341 e. The predicted molar refractivity (Wildman–Crippen MR) is 117 cm³/mol. The summed E-state index contributed by atoms with van der Waals surface area (Å²) in [6, 6.07) is 5.42. The Labute approximate surface area is 200 Å². The predicted octanol–water partition coefficient (Wildman–Crippen LogP) is 4.45. The van der Waals surface area contributed by atoms with E-state index < -0.39 is 11.7 Å². The number of rotatable bonds is 3. The molecule has 2 aliphatic heterocycles. The third kappa shape index (κ3) is 3.02. The molecule has 10 heteroatoms. The van der Waals surface area contributed by atoms with Crippen LogP contribution in [0.1, 0.15) is 61.7 Å². The van der Waals surface area contributed by atoms with Crippen LogP contribution in [0.3, 0.4) is 0 Å². The Hall–Kier alpha value is -2.13. The molecular formula is C24H25ClF3N5O. The average Bonchev–Trinajstić information content (AvgIpc) is 3.62. The molecule has 1 aromatic carbocycles. The molecule has 2 aromatic rings. The van der Waals surface area contributed by atoms with Crippen molar-refractivity contribution in [2.45, 2.75) is 69.2 Å². The van der Waals surface area contributed by atoms with E-state index in [1.54, 1.807) is 12.1 Å². The summed E-state index contributed by atoms with van der Waals surface area (Å²) < 4.78 is 43.9. The quantitative estimate of drug-likeness (QED) is 0.636. The molecule has 0 unspecified atom stereocenters. The number of hydrogen-bond acceptors (Lipinski definition) is 4. The Bertz CT molecular complexity index is 1190. The van der Waals surface area contributed by atoms with Crippen molar-refractivity contribution in [3.05, 3.63) is 40.4 Å². The molecule has 0 bridgehead atoms. The van der Waals surface area contributed by atoms with Crippen LogP contribution in [0, 0.1) is 11.3 Å². The summed E-state index contributed by atoms with van der Waals surface area (Å²) in [5.74, 6) is 2.10. The SMILES string of the molecule is O=C(C1CC1)N1CC2(CC(c3nnc4n3-c3ccc(Cl)cc3CN(C3(C(F)(F)F)CC3)C4)C2)C1. The van der Waals surface area contributed by atoms with Gasteiger partial charge in [-0.2, -0.15) is 13.2 Å². The molecule has 1 aromatic heterocycles. The van der Waals surface area contributed by atoms with Crippen molar-refractivity contribution in [2.24, 2.45) is 11.3 Å². The van der Waals surface area contributed by atoms with Gasteiger partial charge in [0.05, 0.1) is 12.2 Å². The van der Waals surface area contributed by atoms with Crippen LogP contribution in [-0.4, -0.2) is 55.3 Å². The lowest BCUT2D eigenvalue weighted by Gasteiger charge is -2.58. The first-order valence-corrected chi connectivity index (χ1v) is 12.4. The summed E-state index contributed by atoms with van der Waals surface area (Å²) in [5.41, 5.74) is -0.0466. The molecule has 34 heavy (non-hydrogen) atoms. The van der Waals surface area contributed by atoms with E-state index >= 15 is 0 Å². The summed E-state index contributed by atoms with van der Waals surface area (Å²) in [6.45, 7) is 1.90. The van der Waals surface area contributed by atoms with E-state index in [9.17, 15) is 18.0 Å². The number of benzene rings is 1. The number of fused-ring (bicyclic) bond motifs is 3. The number of amides is 1. The minimum absolute atomic E-state index is 0.0976. The van der Waals surface area contributed by atoms with Crippen LogP contribution in [0.5, 0.6) is 0 Å². The molecule has 7 rings (SSSR count). The van der Waals surface area contributed by atoms with Gasteiger partial charge < -0.3 is 4.90 Å². The van der Waals surface area contributed by atoms with Crippen molar-refractivity contribution in [3.63, 3.8) is 0 Å². The van der Waals surface area contributed by atoms with Crippen LogP contribution in [0.25, 0.3) is 5.69 Å². The number of halogens is 4. The van der Waals surface area contributed by atoms with E-state index in [2.05, 4.69) is 10.2 Å². The number of carbonyl (C=O) groups is 1. The molecule has 0 N–H and O–H groups in total. The molecule has 6 nitrogen and oxygen atoms in total. The lowest BCUT2D eigenvalue weighted by molar-refractivity contribution is -0.200. The summed E-state index contributed by atoms with van der Waals surface area (Å²) in [4.78, 5) is 15.8. The molecule has 1 amide bonds. The van der Waals surface area contributed by atoms with E-state index in [0.717, 1.165) is 55.8 Å². The van der Waals surface area contributed by atoms with Gasteiger partial charge in [0.15, 0.2) is 5.82 Å². The van der Waals surface area contributed by atoms with Gasteiger partial charge in [0.1, 0.15) is 11.4 Å². The fourth-order valence-electron chi connectivity index (χ4n) is 6.42. The topological polar surface area (TPSA) is 54.3 Å². The maximum Gasteiger partial charge on any atom is 0.406 e. The van der Waals surface area contributed by atoms with Gasteiger partial charge >= 0.3 is 6.18 Å². The highest BCUT2D eigenvalue weighted by Gasteiger charge is 2.67. The Kier molecular flexibility index (Phi) is 4.21. The zero-order valence-corrected chi connectivity index (χ0v) is 19.4. The number of nitrogens with zero attached hydrogens (tertiary/aromatic N) is 5. The Morgan fingerprint density at radius 1 is 1.09 bits per heavy atom. The monoisotopic (exact) mass is 491 g/mol. The van der Waals surface area contributed by atoms with Crippen LogP contribution in [0.2, 0.25) is 5.02 Å². The van der Waals surface area contributed by atoms with Gasteiger partial charge in [-0.1, -0.05) is 11.6 Å². The highest BCUT2D eigenvalue weighted by atomic mass is 35.5. The summed E-state index contributed by atoms with van der Waals surface area (Å²) in [5, 5.41) is 9.38. The van der Waals surface area contributed by atoms with Crippen molar-refractivity contribution in [3.8, 4) is 5.69 Å². The van der Waals surface area contributed by atoms with Crippen LogP contribution in [-0.2, 0) is 17.9 Å². The van der Waals surface area contributed by atoms with Crippen LogP contribution >= 0.6 is 11.6 Å². The molecule has 4 fully saturated rings. The third-order valence-electron chi connectivity index (χ3n) is 8.60. The van der Waals surface area contributed by atoms with Gasteiger partial charge in [0, 0.05) is 41.9 Å². The number of carbonyl (C=O) groups excluding carboxylic acids is 1. The first-order chi connectivity index (χ1) is 16.2. The molecule has 3 aliphatic carbocycles. The van der Waals surface area contributed by atoms with Gasteiger partial charge in [-0.05, 0) is 62.3 Å². The minimum Gasteiger partial charge on any atom is -0.341 e. The van der Waals surface area contributed by atoms with Crippen molar-refractivity contribution < 1.29 is 18.0 Å². The standard InChI is InChI=1S/C24H25ClF3N5O/c25-17-3-4-18-15(7-17)10-32(23(5-6-23)24(26,27)28)11-19-29-30-20(33(18)19)16-8-22(9-16)12-31(13-22)21(34)14-1-2-14/h3-4,7,14,16H,1-2,5-6,8-13H2. The molecule has 5 aliphatic rings. The van der Waals surface area contributed by atoms with E-state index in [4.69, 9.17) is 11.6 Å². The van der Waals surface area contributed by atoms with Crippen molar-refractivity contribution in [2.75, 3.05) is 13.1 Å². The molecule has 1 spiro atoms. The second-order valence-electron chi connectivity index (χ2n) is 11.0. The maximum atomic E-state index is 14.0. The minimum atomic E-state index is -4.29. The zero-order chi connectivity index (χ0) is 23.5. The molecule has 0 radical (unpaired) electrons. The van der Waals surface area contributed by atoms with Crippen molar-refractivity contribution >= 4 is 17.5 Å². The van der Waals surface area contributed by atoms with E-state index in [-0.39, 0.29) is 43.2 Å². The lowest BCUT2D eigenvalue weighted by Crippen LogP contribution is -2.63. The second-order valence-corrected chi connectivity index (χ2v) is 11.5. The zero-order valence-electron chi connectivity index (χ0n) is 18.6. The average molecular weight is 492 g/mol. The fourth-order valence-corrected chi connectivity index (χ4v) is 6.62. The van der Waals surface area contributed by atoms with Gasteiger partial charge in [-0.3, -0.25) is 14.3 Å².